The van der Waals surface area contributed by atoms with Crippen LogP contribution in [0.25, 0.3) is 0 Å². The molecular weight excluding hydrogens is 210 g/mol. The summed E-state index contributed by atoms with van der Waals surface area (Å²) in [6, 6.07) is -0.0528. The zero-order chi connectivity index (χ0) is 12.0. The molecule has 1 heterocycles. The number of carbonyl (C=O) groups excluding carboxylic acids is 1. The summed E-state index contributed by atoms with van der Waals surface area (Å²) in [6.07, 6.45) is 2.02. The number of likely N-dealkylation sites (tertiary alicyclic amines) is 1. The van der Waals surface area contributed by atoms with Crippen molar-refractivity contribution in [2.24, 2.45) is 5.92 Å². The zero-order valence-corrected chi connectivity index (χ0v) is 9.53. The molecule has 92 valence electrons. The first kappa shape index (κ1) is 12.8. The van der Waals surface area contributed by atoms with Crippen LogP contribution in [0.4, 0.5) is 4.79 Å². The zero-order valence-electron chi connectivity index (χ0n) is 9.53. The standard InChI is InChI=1S/C10H19N3O3/c1-11-10(16)13-4-2-3-8(7-13)5-12-6-9(14)15/h8,12H,2-7H2,1H3,(H,11,16)(H,14,15). The fraction of sp³-hybridized carbons (Fsp3) is 0.800. The van der Waals surface area contributed by atoms with Crippen molar-refractivity contribution in [1.82, 2.24) is 15.5 Å². The SMILES string of the molecule is CNC(=O)N1CCCC(CNCC(=O)O)C1. The highest BCUT2D eigenvalue weighted by Crippen LogP contribution is 2.15. The normalized spacial score (nSPS) is 20.6. The summed E-state index contributed by atoms with van der Waals surface area (Å²) in [5.74, 6) is -0.496. The minimum atomic E-state index is -0.848. The third-order valence-corrected chi connectivity index (χ3v) is 2.73. The summed E-state index contributed by atoms with van der Waals surface area (Å²) < 4.78 is 0. The molecule has 1 fully saturated rings. The van der Waals surface area contributed by atoms with Crippen molar-refractivity contribution in [2.45, 2.75) is 12.8 Å². The Morgan fingerprint density at radius 2 is 2.25 bits per heavy atom. The summed E-state index contributed by atoms with van der Waals surface area (Å²) in [7, 11) is 1.62. The van der Waals surface area contributed by atoms with Crippen LogP contribution in [0.3, 0.4) is 0 Å². The lowest BCUT2D eigenvalue weighted by molar-refractivity contribution is -0.136. The minimum absolute atomic E-state index is 0.0174. The quantitative estimate of drug-likeness (QED) is 0.619. The highest BCUT2D eigenvalue weighted by molar-refractivity contribution is 5.73. The lowest BCUT2D eigenvalue weighted by atomic mass is 9.98. The number of urea groups is 1. The maximum atomic E-state index is 11.4. The number of hydrogen-bond acceptors (Lipinski definition) is 3. The van der Waals surface area contributed by atoms with Crippen LogP contribution in [-0.4, -0.2) is 55.2 Å². The number of nitrogens with one attached hydrogen (secondary N) is 2. The predicted molar refractivity (Wildman–Crippen MR) is 59.3 cm³/mol. The monoisotopic (exact) mass is 229 g/mol. The predicted octanol–water partition coefficient (Wildman–Crippen LogP) is -0.288. The fourth-order valence-electron chi connectivity index (χ4n) is 1.96. The smallest absolute Gasteiger partial charge is 0.317 e. The Balaban J connectivity index is 2.27. The van der Waals surface area contributed by atoms with Gasteiger partial charge >= 0.3 is 12.0 Å². The Labute approximate surface area is 95.0 Å². The van der Waals surface area contributed by atoms with E-state index >= 15 is 0 Å². The van der Waals surface area contributed by atoms with Crippen molar-refractivity contribution in [3.63, 3.8) is 0 Å². The largest absolute Gasteiger partial charge is 0.480 e. The van der Waals surface area contributed by atoms with Crippen LogP contribution >= 0.6 is 0 Å². The summed E-state index contributed by atoms with van der Waals surface area (Å²) in [4.78, 5) is 23.5. The van der Waals surface area contributed by atoms with E-state index < -0.39 is 5.97 Å². The minimum Gasteiger partial charge on any atom is -0.480 e. The first-order chi connectivity index (χ1) is 7.63. The van der Waals surface area contributed by atoms with Crippen LogP contribution in [-0.2, 0) is 4.79 Å². The molecule has 0 aromatic heterocycles. The van der Waals surface area contributed by atoms with Crippen LogP contribution < -0.4 is 10.6 Å². The highest BCUT2D eigenvalue weighted by atomic mass is 16.4. The Bertz CT molecular complexity index is 258. The van der Waals surface area contributed by atoms with Gasteiger partial charge in [0, 0.05) is 26.7 Å². The second kappa shape index (κ2) is 6.32. The molecule has 1 aliphatic heterocycles. The van der Waals surface area contributed by atoms with Crippen molar-refractivity contribution in [2.75, 3.05) is 33.2 Å². The van der Waals surface area contributed by atoms with E-state index in [0.29, 0.717) is 19.0 Å². The molecule has 0 aromatic carbocycles. The molecule has 1 aliphatic rings. The van der Waals surface area contributed by atoms with E-state index in [4.69, 9.17) is 5.11 Å². The second-order valence-electron chi connectivity index (χ2n) is 4.03. The Hall–Kier alpha value is -1.30. The van der Waals surface area contributed by atoms with Gasteiger partial charge in [0.1, 0.15) is 0 Å². The number of amides is 2. The maximum Gasteiger partial charge on any atom is 0.317 e. The van der Waals surface area contributed by atoms with E-state index in [-0.39, 0.29) is 12.6 Å². The molecule has 6 nitrogen and oxygen atoms in total. The highest BCUT2D eigenvalue weighted by Gasteiger charge is 2.22. The van der Waals surface area contributed by atoms with Gasteiger partial charge in [0.15, 0.2) is 0 Å². The average molecular weight is 229 g/mol. The number of nitrogens with zero attached hydrogens (tertiary/aromatic N) is 1. The van der Waals surface area contributed by atoms with E-state index in [0.717, 1.165) is 19.4 Å². The van der Waals surface area contributed by atoms with Gasteiger partial charge in [-0.15, -0.1) is 0 Å². The first-order valence-electron chi connectivity index (χ1n) is 5.52. The molecule has 6 heteroatoms. The first-order valence-corrected chi connectivity index (χ1v) is 5.52. The number of carboxylic acids is 1. The molecule has 1 rings (SSSR count). The van der Waals surface area contributed by atoms with E-state index in [1.165, 1.54) is 0 Å². The molecule has 0 radical (unpaired) electrons. The molecule has 2 amide bonds. The Morgan fingerprint density at radius 3 is 2.88 bits per heavy atom. The second-order valence-corrected chi connectivity index (χ2v) is 4.03. The third-order valence-electron chi connectivity index (χ3n) is 2.73. The van der Waals surface area contributed by atoms with Gasteiger partial charge in [-0.3, -0.25) is 4.79 Å². The van der Waals surface area contributed by atoms with Crippen molar-refractivity contribution >= 4 is 12.0 Å². The van der Waals surface area contributed by atoms with E-state index in [2.05, 4.69) is 10.6 Å². The molecule has 0 bridgehead atoms. The molecule has 1 atom stereocenters. The Kier molecular flexibility index (Phi) is 5.04. The number of piperidine rings is 1. The molecule has 0 aromatic rings. The molecule has 16 heavy (non-hydrogen) atoms. The van der Waals surface area contributed by atoms with Crippen LogP contribution in [0, 0.1) is 5.92 Å². The number of carbonyl (C=O) groups is 2. The lowest BCUT2D eigenvalue weighted by Gasteiger charge is -2.32. The molecular formula is C10H19N3O3. The number of aliphatic carboxylic acids is 1. The lowest BCUT2D eigenvalue weighted by Crippen LogP contribution is -2.46. The van der Waals surface area contributed by atoms with Crippen molar-refractivity contribution in [1.29, 1.82) is 0 Å². The van der Waals surface area contributed by atoms with Gasteiger partial charge in [-0.1, -0.05) is 0 Å². The topological polar surface area (TPSA) is 81.7 Å². The van der Waals surface area contributed by atoms with Crippen molar-refractivity contribution in [3.05, 3.63) is 0 Å². The van der Waals surface area contributed by atoms with Gasteiger partial charge in [-0.2, -0.15) is 0 Å². The molecule has 0 spiro atoms. The van der Waals surface area contributed by atoms with Gasteiger partial charge in [0.2, 0.25) is 0 Å². The van der Waals surface area contributed by atoms with Crippen molar-refractivity contribution < 1.29 is 14.7 Å². The van der Waals surface area contributed by atoms with Gasteiger partial charge < -0.3 is 20.6 Å². The summed E-state index contributed by atoms with van der Waals surface area (Å²) >= 11 is 0. The number of rotatable bonds is 4. The maximum absolute atomic E-state index is 11.4. The number of carboxylic acid groups (broad SMARTS) is 1. The summed E-state index contributed by atoms with van der Waals surface area (Å²) in [6.45, 7) is 2.12. The average Bonchev–Trinajstić information content (AvgIpc) is 2.28. The van der Waals surface area contributed by atoms with Crippen LogP contribution in [0.2, 0.25) is 0 Å². The molecule has 1 unspecified atom stereocenters. The Morgan fingerprint density at radius 1 is 1.50 bits per heavy atom. The van der Waals surface area contributed by atoms with Crippen LogP contribution in [0.5, 0.6) is 0 Å². The van der Waals surface area contributed by atoms with E-state index in [1.54, 1.807) is 11.9 Å². The summed E-state index contributed by atoms with van der Waals surface area (Å²) in [5.41, 5.74) is 0. The van der Waals surface area contributed by atoms with E-state index in [1.807, 2.05) is 0 Å². The third kappa shape index (κ3) is 4.06. The molecule has 3 N–H and O–H groups in total. The fourth-order valence-corrected chi connectivity index (χ4v) is 1.96. The number of hydrogen-bond donors (Lipinski definition) is 3. The van der Waals surface area contributed by atoms with Gasteiger partial charge in [-0.05, 0) is 18.8 Å². The van der Waals surface area contributed by atoms with Gasteiger partial charge in [-0.25, -0.2) is 4.79 Å². The summed E-state index contributed by atoms with van der Waals surface area (Å²) in [5, 5.41) is 14.0. The van der Waals surface area contributed by atoms with E-state index in [9.17, 15) is 9.59 Å². The van der Waals surface area contributed by atoms with Crippen LogP contribution in [0.15, 0.2) is 0 Å². The molecule has 0 saturated carbocycles. The van der Waals surface area contributed by atoms with Gasteiger partial charge in [0.05, 0.1) is 6.54 Å². The van der Waals surface area contributed by atoms with Gasteiger partial charge in [0.25, 0.3) is 0 Å². The molecule has 0 aliphatic carbocycles. The van der Waals surface area contributed by atoms with Crippen molar-refractivity contribution in [3.8, 4) is 0 Å². The van der Waals surface area contributed by atoms with Crippen LogP contribution in [0.1, 0.15) is 12.8 Å². The molecule has 1 saturated heterocycles.